The zero-order valence-electron chi connectivity index (χ0n) is 19.6. The van der Waals surface area contributed by atoms with Gasteiger partial charge in [-0.25, -0.2) is 9.78 Å². The molecule has 0 atom stereocenters. The van der Waals surface area contributed by atoms with Crippen molar-refractivity contribution in [3.63, 3.8) is 0 Å². The Labute approximate surface area is 210 Å². The fraction of sp³-hybridized carbons (Fsp3) is 0.231. The minimum atomic E-state index is -4.36. The summed E-state index contributed by atoms with van der Waals surface area (Å²) in [4.78, 5) is 15.1. The van der Waals surface area contributed by atoms with Crippen molar-refractivity contribution in [1.82, 2.24) is 20.0 Å². The summed E-state index contributed by atoms with van der Waals surface area (Å²) < 4.78 is 50.6. The predicted octanol–water partition coefficient (Wildman–Crippen LogP) is 5.76. The Morgan fingerprint density at radius 3 is 2.49 bits per heavy atom. The van der Waals surface area contributed by atoms with Gasteiger partial charge in [0, 0.05) is 12.6 Å². The average molecular weight is 512 g/mol. The second kappa shape index (κ2) is 11.5. The topological polar surface area (TPSA) is 103 Å². The molecule has 2 aromatic carbocycles. The van der Waals surface area contributed by atoms with Crippen molar-refractivity contribution < 1.29 is 32.2 Å². The second-order valence-corrected chi connectivity index (χ2v) is 8.19. The maximum atomic E-state index is 12.7. The molecule has 4 aromatic rings. The molecule has 0 amide bonds. The van der Waals surface area contributed by atoms with Crippen molar-refractivity contribution in [2.45, 2.75) is 38.6 Å². The van der Waals surface area contributed by atoms with Crippen LogP contribution in [0.1, 0.15) is 51.6 Å². The van der Waals surface area contributed by atoms with Crippen LogP contribution in [0.4, 0.5) is 13.2 Å². The molecule has 2 heterocycles. The van der Waals surface area contributed by atoms with Gasteiger partial charge in [-0.2, -0.15) is 13.2 Å². The summed E-state index contributed by atoms with van der Waals surface area (Å²) in [7, 11) is 0. The van der Waals surface area contributed by atoms with Gasteiger partial charge in [0.05, 0.1) is 11.8 Å². The van der Waals surface area contributed by atoms with Gasteiger partial charge in [0.2, 0.25) is 5.89 Å². The number of nitrogens with zero attached hydrogens (tertiary/aromatic N) is 4. The zero-order valence-corrected chi connectivity index (χ0v) is 19.6. The quantitative estimate of drug-likeness (QED) is 0.255. The van der Waals surface area contributed by atoms with Gasteiger partial charge >= 0.3 is 12.1 Å². The standard InChI is InChI=1S/C26H23F3N4O4/c27-26(28,29)20-9-4-19(5-10-20)8-13-24-30-21(17-37-24)16-36-22-11-6-18(7-12-22)3-1-2-14-33-15-23(25(34)35)31-32-33/h4-13,15,17H,1-3,14,16H2,(H,34,35). The first-order valence-electron chi connectivity index (χ1n) is 11.4. The van der Waals surface area contributed by atoms with E-state index in [1.807, 2.05) is 24.3 Å². The van der Waals surface area contributed by atoms with E-state index in [1.165, 1.54) is 29.3 Å². The van der Waals surface area contributed by atoms with Crippen LogP contribution in [0.25, 0.3) is 12.2 Å². The highest BCUT2D eigenvalue weighted by atomic mass is 19.4. The van der Waals surface area contributed by atoms with Crippen LogP contribution in [-0.2, 0) is 25.7 Å². The SMILES string of the molecule is O=C(O)c1cn(CCCCc2ccc(OCc3coc(C=Cc4ccc(C(F)(F)F)cc4)n3)cc2)nn1. The zero-order chi connectivity index (χ0) is 26.3. The number of carboxylic acids is 1. The van der Waals surface area contributed by atoms with Gasteiger partial charge in [0.15, 0.2) is 5.69 Å². The monoisotopic (exact) mass is 512 g/mol. The molecule has 0 aliphatic heterocycles. The third kappa shape index (κ3) is 7.53. The summed E-state index contributed by atoms with van der Waals surface area (Å²) in [6.45, 7) is 0.799. The first kappa shape index (κ1) is 25.7. The number of ether oxygens (including phenoxy) is 1. The van der Waals surface area contributed by atoms with Crippen molar-refractivity contribution in [2.75, 3.05) is 0 Å². The number of carboxylic acid groups (broad SMARTS) is 1. The number of aromatic carboxylic acids is 1. The number of halogens is 3. The lowest BCUT2D eigenvalue weighted by molar-refractivity contribution is -0.137. The Kier molecular flexibility index (Phi) is 8.02. The van der Waals surface area contributed by atoms with Crippen LogP contribution in [-0.4, -0.2) is 31.1 Å². The summed E-state index contributed by atoms with van der Waals surface area (Å²) >= 11 is 0. The molecule has 4 rings (SSSR count). The Balaban J connectivity index is 1.19. The predicted molar refractivity (Wildman–Crippen MR) is 128 cm³/mol. The molecule has 192 valence electrons. The Morgan fingerprint density at radius 2 is 1.81 bits per heavy atom. The minimum Gasteiger partial charge on any atom is -0.487 e. The molecule has 0 spiro atoms. The van der Waals surface area contributed by atoms with E-state index in [1.54, 1.807) is 12.2 Å². The molecule has 11 heteroatoms. The Morgan fingerprint density at radius 1 is 1.05 bits per heavy atom. The molecule has 0 bridgehead atoms. The number of carbonyl (C=O) groups is 1. The second-order valence-electron chi connectivity index (χ2n) is 8.19. The van der Waals surface area contributed by atoms with Crippen LogP contribution in [0, 0.1) is 0 Å². The first-order valence-corrected chi connectivity index (χ1v) is 11.4. The van der Waals surface area contributed by atoms with E-state index in [2.05, 4.69) is 15.3 Å². The van der Waals surface area contributed by atoms with Gasteiger partial charge in [0.25, 0.3) is 0 Å². The van der Waals surface area contributed by atoms with Crippen LogP contribution >= 0.6 is 0 Å². The van der Waals surface area contributed by atoms with E-state index in [4.69, 9.17) is 14.3 Å². The van der Waals surface area contributed by atoms with Crippen molar-refractivity contribution in [3.8, 4) is 5.75 Å². The van der Waals surface area contributed by atoms with Crippen molar-refractivity contribution in [1.29, 1.82) is 0 Å². The largest absolute Gasteiger partial charge is 0.487 e. The molecule has 0 aliphatic carbocycles. The van der Waals surface area contributed by atoms with Crippen LogP contribution < -0.4 is 4.74 Å². The summed E-state index contributed by atoms with van der Waals surface area (Å²) in [5.41, 5.74) is 1.56. The van der Waals surface area contributed by atoms with Gasteiger partial charge in [-0.3, -0.25) is 4.68 Å². The molecule has 1 N–H and O–H groups in total. The Hall–Kier alpha value is -4.41. The third-order valence-electron chi connectivity index (χ3n) is 5.40. The first-order chi connectivity index (χ1) is 17.8. The molecule has 0 radical (unpaired) electrons. The van der Waals surface area contributed by atoms with Gasteiger partial charge < -0.3 is 14.3 Å². The lowest BCUT2D eigenvalue weighted by atomic mass is 10.1. The fourth-order valence-electron chi connectivity index (χ4n) is 3.43. The number of unbranched alkanes of at least 4 members (excludes halogenated alkanes) is 1. The lowest BCUT2D eigenvalue weighted by Gasteiger charge is -2.06. The molecule has 0 saturated carbocycles. The van der Waals surface area contributed by atoms with Crippen LogP contribution in [0.15, 0.2) is 65.4 Å². The van der Waals surface area contributed by atoms with Crippen LogP contribution in [0.5, 0.6) is 5.75 Å². The number of hydrogen-bond acceptors (Lipinski definition) is 6. The molecular formula is C26H23F3N4O4. The fourth-order valence-corrected chi connectivity index (χ4v) is 3.43. The number of hydrogen-bond donors (Lipinski definition) is 1. The van der Waals surface area contributed by atoms with Crippen molar-refractivity contribution in [3.05, 3.63) is 95.0 Å². The van der Waals surface area contributed by atoms with E-state index >= 15 is 0 Å². The number of aromatic nitrogens is 4. The van der Waals surface area contributed by atoms with Crippen molar-refractivity contribution in [2.24, 2.45) is 0 Å². The molecule has 8 nitrogen and oxygen atoms in total. The Bertz CT molecular complexity index is 1340. The van der Waals surface area contributed by atoms with E-state index in [0.29, 0.717) is 29.4 Å². The van der Waals surface area contributed by atoms with Crippen LogP contribution in [0.2, 0.25) is 0 Å². The van der Waals surface area contributed by atoms with Gasteiger partial charge in [-0.05, 0) is 60.7 Å². The number of rotatable bonds is 11. The molecule has 2 aromatic heterocycles. The maximum Gasteiger partial charge on any atom is 0.416 e. The lowest BCUT2D eigenvalue weighted by Crippen LogP contribution is -2.03. The van der Waals surface area contributed by atoms with E-state index in [-0.39, 0.29) is 12.3 Å². The number of aryl methyl sites for hydroxylation is 2. The number of oxazole rings is 1. The summed E-state index contributed by atoms with van der Waals surface area (Å²) in [5.74, 6) is -0.0950. The molecule has 0 fully saturated rings. The molecule has 0 aliphatic rings. The van der Waals surface area contributed by atoms with E-state index in [0.717, 1.165) is 37.0 Å². The molecular weight excluding hydrogens is 489 g/mol. The van der Waals surface area contributed by atoms with E-state index < -0.39 is 17.7 Å². The van der Waals surface area contributed by atoms with Gasteiger partial charge in [-0.1, -0.05) is 29.5 Å². The number of benzene rings is 2. The van der Waals surface area contributed by atoms with Gasteiger partial charge in [-0.15, -0.1) is 5.10 Å². The smallest absolute Gasteiger partial charge is 0.416 e. The van der Waals surface area contributed by atoms with E-state index in [9.17, 15) is 18.0 Å². The van der Waals surface area contributed by atoms with Gasteiger partial charge in [0.1, 0.15) is 24.3 Å². The highest BCUT2D eigenvalue weighted by Gasteiger charge is 2.29. The highest BCUT2D eigenvalue weighted by molar-refractivity contribution is 5.84. The normalized spacial score (nSPS) is 11.8. The summed E-state index contributed by atoms with van der Waals surface area (Å²) in [6, 6.07) is 12.5. The van der Waals surface area contributed by atoms with Crippen molar-refractivity contribution >= 4 is 18.1 Å². The molecule has 0 unspecified atom stereocenters. The highest BCUT2D eigenvalue weighted by Crippen LogP contribution is 2.29. The molecule has 37 heavy (non-hydrogen) atoms. The average Bonchev–Trinajstić information content (AvgIpc) is 3.54. The summed E-state index contributed by atoms with van der Waals surface area (Å²) in [6.07, 6.45) is 4.32. The minimum absolute atomic E-state index is 0.0629. The molecule has 0 saturated heterocycles. The number of alkyl halides is 3. The maximum absolute atomic E-state index is 12.7. The summed E-state index contributed by atoms with van der Waals surface area (Å²) in [5, 5.41) is 16.3. The third-order valence-corrected chi connectivity index (χ3v) is 5.40. The van der Waals surface area contributed by atoms with Crippen LogP contribution in [0.3, 0.4) is 0 Å².